The Hall–Kier alpha value is -3.68. The summed E-state index contributed by atoms with van der Waals surface area (Å²) in [6.45, 7) is 0. The molecule has 0 saturated heterocycles. The van der Waals surface area contributed by atoms with Gasteiger partial charge in [0.05, 0.1) is 37.9 Å². The molecule has 3 N–H and O–H groups in total. The van der Waals surface area contributed by atoms with Gasteiger partial charge in [-0.05, 0) is 18.2 Å². The molecule has 0 aliphatic carbocycles. The van der Waals surface area contributed by atoms with Gasteiger partial charge < -0.3 is 24.2 Å². The molecule has 0 aliphatic rings. The molecule has 0 saturated carbocycles. The standard InChI is InChI=1S/C19H18N4O4/c1-25-14-9-15(26-2)17(27-3)16-10(14)8-13(20-16)18(24)23-19-21-11-6-4-5-7-12(11)22-19/h4-9,20H,1-3H3,(H2,21,22,23,24). The monoisotopic (exact) mass is 366 g/mol. The van der Waals surface area contributed by atoms with E-state index >= 15 is 0 Å². The fourth-order valence-electron chi connectivity index (χ4n) is 3.05. The van der Waals surface area contributed by atoms with Crippen LogP contribution in [0, 0.1) is 0 Å². The summed E-state index contributed by atoms with van der Waals surface area (Å²) in [5.41, 5.74) is 2.58. The molecular weight excluding hydrogens is 348 g/mol. The number of H-pyrrole nitrogens is 2. The van der Waals surface area contributed by atoms with Crippen molar-refractivity contribution in [3.8, 4) is 17.2 Å². The van der Waals surface area contributed by atoms with Gasteiger partial charge in [0.15, 0.2) is 11.5 Å². The van der Waals surface area contributed by atoms with Crippen LogP contribution in [0.3, 0.4) is 0 Å². The third-order valence-electron chi connectivity index (χ3n) is 4.31. The fraction of sp³-hybridized carbons (Fsp3) is 0.158. The molecule has 0 atom stereocenters. The molecule has 2 aromatic carbocycles. The van der Waals surface area contributed by atoms with Crippen molar-refractivity contribution >= 4 is 33.8 Å². The largest absolute Gasteiger partial charge is 0.496 e. The number of para-hydroxylation sites is 2. The lowest BCUT2D eigenvalue weighted by Crippen LogP contribution is -2.13. The van der Waals surface area contributed by atoms with Gasteiger partial charge >= 0.3 is 0 Å². The van der Waals surface area contributed by atoms with Crippen LogP contribution in [0.2, 0.25) is 0 Å². The Morgan fingerprint density at radius 2 is 1.78 bits per heavy atom. The summed E-state index contributed by atoms with van der Waals surface area (Å²) >= 11 is 0. The lowest BCUT2D eigenvalue weighted by Gasteiger charge is -2.11. The van der Waals surface area contributed by atoms with E-state index in [0.717, 1.165) is 11.0 Å². The Balaban J connectivity index is 1.73. The van der Waals surface area contributed by atoms with Crippen LogP contribution in [0.1, 0.15) is 10.5 Å². The fourth-order valence-corrected chi connectivity index (χ4v) is 3.05. The molecule has 4 aromatic rings. The maximum atomic E-state index is 12.7. The van der Waals surface area contributed by atoms with Gasteiger partial charge in [-0.3, -0.25) is 10.1 Å². The number of nitrogens with one attached hydrogen (secondary N) is 3. The Morgan fingerprint density at radius 3 is 2.48 bits per heavy atom. The molecule has 0 aliphatic heterocycles. The van der Waals surface area contributed by atoms with Crippen molar-refractivity contribution in [2.75, 3.05) is 26.6 Å². The van der Waals surface area contributed by atoms with Crippen LogP contribution in [0.15, 0.2) is 36.4 Å². The zero-order valence-electron chi connectivity index (χ0n) is 15.0. The summed E-state index contributed by atoms with van der Waals surface area (Å²) in [7, 11) is 4.64. The quantitative estimate of drug-likeness (QED) is 0.503. The molecule has 0 unspecified atom stereocenters. The highest BCUT2D eigenvalue weighted by Gasteiger charge is 2.20. The highest BCUT2D eigenvalue weighted by molar-refractivity contribution is 6.07. The van der Waals surface area contributed by atoms with Gasteiger partial charge in [0.2, 0.25) is 5.95 Å². The molecule has 1 amide bonds. The van der Waals surface area contributed by atoms with Gasteiger partial charge in [-0.1, -0.05) is 12.1 Å². The molecule has 138 valence electrons. The number of carbonyl (C=O) groups is 1. The molecule has 4 rings (SSSR count). The number of nitrogens with zero attached hydrogens (tertiary/aromatic N) is 1. The van der Waals surface area contributed by atoms with Crippen molar-refractivity contribution in [3.63, 3.8) is 0 Å². The van der Waals surface area contributed by atoms with E-state index in [0.29, 0.717) is 39.8 Å². The normalized spacial score (nSPS) is 10.9. The number of carbonyl (C=O) groups excluding carboxylic acids is 1. The van der Waals surface area contributed by atoms with Crippen molar-refractivity contribution in [3.05, 3.63) is 42.1 Å². The molecule has 8 heteroatoms. The second-order valence-corrected chi connectivity index (χ2v) is 5.84. The summed E-state index contributed by atoms with van der Waals surface area (Å²) in [5, 5.41) is 3.48. The summed E-state index contributed by atoms with van der Waals surface area (Å²) in [5.74, 6) is 1.61. The number of fused-ring (bicyclic) bond motifs is 2. The number of anilines is 1. The number of methoxy groups -OCH3 is 3. The minimum atomic E-state index is -0.340. The van der Waals surface area contributed by atoms with Crippen LogP contribution in [0.4, 0.5) is 5.95 Å². The molecular formula is C19H18N4O4. The topological polar surface area (TPSA) is 101 Å². The minimum absolute atomic E-state index is 0.340. The number of aromatic nitrogens is 3. The third kappa shape index (κ3) is 2.80. The van der Waals surface area contributed by atoms with Crippen molar-refractivity contribution < 1.29 is 19.0 Å². The first-order valence-corrected chi connectivity index (χ1v) is 8.22. The van der Waals surface area contributed by atoms with E-state index in [9.17, 15) is 4.79 Å². The minimum Gasteiger partial charge on any atom is -0.496 e. The van der Waals surface area contributed by atoms with E-state index in [1.54, 1.807) is 33.5 Å². The van der Waals surface area contributed by atoms with Gasteiger partial charge in [0.1, 0.15) is 11.4 Å². The highest BCUT2D eigenvalue weighted by Crippen LogP contribution is 2.41. The van der Waals surface area contributed by atoms with Gasteiger partial charge in [0.25, 0.3) is 5.91 Å². The molecule has 2 aromatic heterocycles. The van der Waals surface area contributed by atoms with Crippen LogP contribution in [-0.4, -0.2) is 42.2 Å². The lowest BCUT2D eigenvalue weighted by atomic mass is 10.2. The molecule has 0 bridgehead atoms. The van der Waals surface area contributed by atoms with E-state index in [-0.39, 0.29) is 5.91 Å². The number of hydrogen-bond donors (Lipinski definition) is 3. The number of aromatic amines is 2. The predicted octanol–water partition coefficient (Wildman–Crippen LogP) is 3.32. The van der Waals surface area contributed by atoms with Crippen molar-refractivity contribution in [1.82, 2.24) is 15.0 Å². The van der Waals surface area contributed by atoms with Crippen LogP contribution in [0.5, 0.6) is 17.2 Å². The number of hydrogen-bond acceptors (Lipinski definition) is 5. The van der Waals surface area contributed by atoms with Crippen molar-refractivity contribution in [2.24, 2.45) is 0 Å². The molecule has 8 nitrogen and oxygen atoms in total. The number of rotatable bonds is 5. The molecule has 0 fully saturated rings. The van der Waals surface area contributed by atoms with Gasteiger partial charge in [-0.2, -0.15) is 0 Å². The summed E-state index contributed by atoms with van der Waals surface area (Å²) < 4.78 is 16.2. The summed E-state index contributed by atoms with van der Waals surface area (Å²) in [6, 6.07) is 11.0. The second kappa shape index (κ2) is 6.56. The molecule has 0 radical (unpaired) electrons. The Labute approximate surface area is 154 Å². The van der Waals surface area contributed by atoms with Crippen molar-refractivity contribution in [1.29, 1.82) is 0 Å². The number of ether oxygens (including phenoxy) is 3. The Morgan fingerprint density at radius 1 is 1.00 bits per heavy atom. The predicted molar refractivity (Wildman–Crippen MR) is 102 cm³/mol. The average Bonchev–Trinajstić information content (AvgIpc) is 3.30. The second-order valence-electron chi connectivity index (χ2n) is 5.84. The van der Waals surface area contributed by atoms with Gasteiger partial charge in [-0.15, -0.1) is 0 Å². The Kier molecular flexibility index (Phi) is 4.08. The van der Waals surface area contributed by atoms with E-state index in [1.807, 2.05) is 24.3 Å². The Bertz CT molecular complexity index is 1110. The first-order valence-electron chi connectivity index (χ1n) is 8.22. The van der Waals surface area contributed by atoms with E-state index in [2.05, 4.69) is 20.3 Å². The molecule has 0 spiro atoms. The van der Waals surface area contributed by atoms with Crippen LogP contribution in [-0.2, 0) is 0 Å². The maximum absolute atomic E-state index is 12.7. The molecule has 27 heavy (non-hydrogen) atoms. The van der Waals surface area contributed by atoms with Gasteiger partial charge in [0, 0.05) is 11.5 Å². The zero-order valence-corrected chi connectivity index (χ0v) is 15.0. The summed E-state index contributed by atoms with van der Waals surface area (Å²) in [6.07, 6.45) is 0. The lowest BCUT2D eigenvalue weighted by molar-refractivity contribution is 0.102. The highest BCUT2D eigenvalue weighted by atomic mass is 16.5. The van der Waals surface area contributed by atoms with E-state index in [4.69, 9.17) is 14.2 Å². The SMILES string of the molecule is COc1cc(OC)c2cc(C(=O)Nc3nc4ccccc4[nH]3)[nH]c2c1OC. The van der Waals surface area contributed by atoms with Crippen LogP contribution >= 0.6 is 0 Å². The van der Waals surface area contributed by atoms with E-state index < -0.39 is 0 Å². The first-order chi connectivity index (χ1) is 13.1. The maximum Gasteiger partial charge on any atom is 0.274 e. The van der Waals surface area contributed by atoms with Crippen LogP contribution in [0.25, 0.3) is 21.9 Å². The molecule has 2 heterocycles. The smallest absolute Gasteiger partial charge is 0.274 e. The third-order valence-corrected chi connectivity index (χ3v) is 4.31. The van der Waals surface area contributed by atoms with Crippen molar-refractivity contribution in [2.45, 2.75) is 0 Å². The van der Waals surface area contributed by atoms with Gasteiger partial charge in [-0.25, -0.2) is 4.98 Å². The number of benzene rings is 2. The zero-order chi connectivity index (χ0) is 19.0. The first kappa shape index (κ1) is 16.8. The average molecular weight is 366 g/mol. The van der Waals surface area contributed by atoms with E-state index in [1.165, 1.54) is 0 Å². The number of imidazole rings is 1. The number of amides is 1. The summed E-state index contributed by atoms with van der Waals surface area (Å²) in [4.78, 5) is 23.2. The van der Waals surface area contributed by atoms with Crippen LogP contribution < -0.4 is 19.5 Å².